The van der Waals surface area contributed by atoms with Crippen LogP contribution >= 0.6 is 0 Å². The first-order valence-electron chi connectivity index (χ1n) is 9.29. The number of allylic oxidation sites excluding steroid dienone is 2. The monoisotopic (exact) mass is 377 g/mol. The summed E-state index contributed by atoms with van der Waals surface area (Å²) in [5.41, 5.74) is 1.28. The number of hydrogen-bond donors (Lipinski definition) is 1. The second-order valence-electron chi connectivity index (χ2n) is 6.70. The molecule has 0 spiro atoms. The molecule has 7 heteroatoms. The molecular formula is C20H29F2N5. The molecule has 27 heavy (non-hydrogen) atoms. The summed E-state index contributed by atoms with van der Waals surface area (Å²) in [5, 5.41) is 3.31. The molecule has 0 aliphatic carbocycles. The van der Waals surface area contributed by atoms with Crippen LogP contribution in [0.5, 0.6) is 0 Å². The molecule has 1 saturated heterocycles. The molecular weight excluding hydrogens is 348 g/mol. The number of anilines is 1. The summed E-state index contributed by atoms with van der Waals surface area (Å²) in [6.45, 7) is 8.53. The van der Waals surface area contributed by atoms with E-state index in [1.54, 1.807) is 12.3 Å². The second-order valence-corrected chi connectivity index (χ2v) is 6.70. The van der Waals surface area contributed by atoms with E-state index in [0.717, 1.165) is 51.1 Å². The van der Waals surface area contributed by atoms with Gasteiger partial charge in [-0.1, -0.05) is 19.1 Å². The molecule has 5 nitrogen and oxygen atoms in total. The van der Waals surface area contributed by atoms with Crippen molar-refractivity contribution in [3.05, 3.63) is 48.1 Å². The second kappa shape index (κ2) is 9.60. The molecule has 2 heterocycles. The van der Waals surface area contributed by atoms with Crippen molar-refractivity contribution in [1.82, 2.24) is 14.8 Å². The Balaban J connectivity index is 2.25. The minimum Gasteiger partial charge on any atom is -0.352 e. The molecule has 0 radical (unpaired) electrons. The van der Waals surface area contributed by atoms with E-state index in [1.807, 2.05) is 13.0 Å². The fourth-order valence-corrected chi connectivity index (χ4v) is 2.77. The third-order valence-corrected chi connectivity index (χ3v) is 4.29. The van der Waals surface area contributed by atoms with E-state index in [4.69, 9.17) is 0 Å². The number of hydrogen-bond acceptors (Lipinski definition) is 4. The Morgan fingerprint density at radius 2 is 2.00 bits per heavy atom. The quantitative estimate of drug-likeness (QED) is 0.599. The standard InChI is InChI=1S/C20H29F2N5/c1-5-7-17(25-16-8-9-18(24-15-16)20(3,21)22)19(23-10-6-2)27-13-11-26(4)12-14-27/h6-10,15,25H,5,11-14H2,1-4H3/b10-6-,17-7-,23-19-. The summed E-state index contributed by atoms with van der Waals surface area (Å²) in [6.07, 6.45) is 7.98. The summed E-state index contributed by atoms with van der Waals surface area (Å²) in [6, 6.07) is 2.98. The van der Waals surface area contributed by atoms with Crippen LogP contribution in [0.25, 0.3) is 0 Å². The summed E-state index contributed by atoms with van der Waals surface area (Å²) in [4.78, 5) is 13.1. The van der Waals surface area contributed by atoms with Crippen LogP contribution in [0.4, 0.5) is 14.5 Å². The smallest absolute Gasteiger partial charge is 0.286 e. The van der Waals surface area contributed by atoms with Gasteiger partial charge in [-0.15, -0.1) is 0 Å². The van der Waals surface area contributed by atoms with Gasteiger partial charge in [0.2, 0.25) is 0 Å². The minimum absolute atomic E-state index is 0.240. The molecule has 1 aliphatic rings. The number of aromatic nitrogens is 1. The normalized spacial score (nSPS) is 17.6. The van der Waals surface area contributed by atoms with E-state index in [-0.39, 0.29) is 5.69 Å². The van der Waals surface area contributed by atoms with E-state index in [0.29, 0.717) is 5.69 Å². The number of rotatable bonds is 6. The zero-order valence-corrected chi connectivity index (χ0v) is 16.5. The van der Waals surface area contributed by atoms with Gasteiger partial charge in [-0.3, -0.25) is 4.98 Å². The number of pyridine rings is 1. The molecule has 0 atom stereocenters. The van der Waals surface area contributed by atoms with Crippen molar-refractivity contribution in [1.29, 1.82) is 0 Å². The van der Waals surface area contributed by atoms with Gasteiger partial charge in [0.05, 0.1) is 17.6 Å². The number of halogens is 2. The molecule has 0 saturated carbocycles. The highest BCUT2D eigenvalue weighted by Crippen LogP contribution is 2.26. The molecule has 0 aromatic carbocycles. The van der Waals surface area contributed by atoms with Gasteiger partial charge in [0.25, 0.3) is 5.92 Å². The van der Waals surface area contributed by atoms with Crippen molar-refractivity contribution in [3.8, 4) is 0 Å². The summed E-state index contributed by atoms with van der Waals surface area (Å²) >= 11 is 0. The molecule has 0 unspecified atom stereocenters. The van der Waals surface area contributed by atoms with Crippen LogP contribution in [0.2, 0.25) is 0 Å². The van der Waals surface area contributed by atoms with Crippen molar-refractivity contribution < 1.29 is 8.78 Å². The molecule has 0 bridgehead atoms. The van der Waals surface area contributed by atoms with Crippen molar-refractivity contribution >= 4 is 11.5 Å². The molecule has 0 amide bonds. The lowest BCUT2D eigenvalue weighted by Gasteiger charge is -2.35. The fraction of sp³-hybridized carbons (Fsp3) is 0.500. The van der Waals surface area contributed by atoms with Crippen LogP contribution < -0.4 is 5.32 Å². The van der Waals surface area contributed by atoms with Gasteiger partial charge in [-0.05, 0) is 32.5 Å². The molecule has 2 rings (SSSR count). The Hall–Kier alpha value is -2.28. The molecule has 148 valence electrons. The van der Waals surface area contributed by atoms with E-state index in [9.17, 15) is 8.78 Å². The van der Waals surface area contributed by atoms with E-state index in [2.05, 4.69) is 45.1 Å². The fourth-order valence-electron chi connectivity index (χ4n) is 2.77. The Morgan fingerprint density at radius 1 is 1.30 bits per heavy atom. The molecule has 1 aromatic rings. The van der Waals surface area contributed by atoms with E-state index in [1.165, 1.54) is 12.3 Å². The average Bonchev–Trinajstić information content (AvgIpc) is 2.63. The highest BCUT2D eigenvalue weighted by Gasteiger charge is 2.26. The molecule has 1 fully saturated rings. The van der Waals surface area contributed by atoms with Crippen LogP contribution in [0.3, 0.4) is 0 Å². The van der Waals surface area contributed by atoms with E-state index < -0.39 is 5.92 Å². The van der Waals surface area contributed by atoms with Gasteiger partial charge in [0.1, 0.15) is 5.69 Å². The van der Waals surface area contributed by atoms with Crippen molar-refractivity contribution in [2.75, 3.05) is 38.5 Å². The van der Waals surface area contributed by atoms with Crippen molar-refractivity contribution in [2.24, 2.45) is 4.99 Å². The Labute approximate surface area is 160 Å². The number of likely N-dealkylation sites (N-methyl/N-ethyl adjacent to an activating group) is 1. The third-order valence-electron chi connectivity index (χ3n) is 4.29. The van der Waals surface area contributed by atoms with Gasteiger partial charge >= 0.3 is 0 Å². The zero-order chi connectivity index (χ0) is 19.9. The topological polar surface area (TPSA) is 43.8 Å². The summed E-state index contributed by atoms with van der Waals surface area (Å²) in [7, 11) is 2.11. The number of aliphatic imine (C=N–C) groups is 1. The number of piperazine rings is 1. The molecule has 1 N–H and O–H groups in total. The lowest BCUT2D eigenvalue weighted by atomic mass is 10.2. The van der Waals surface area contributed by atoms with E-state index >= 15 is 0 Å². The first-order chi connectivity index (χ1) is 12.8. The maximum atomic E-state index is 13.4. The van der Waals surface area contributed by atoms with Gasteiger partial charge in [-0.25, -0.2) is 4.99 Å². The number of nitrogens with zero attached hydrogens (tertiary/aromatic N) is 4. The lowest BCUT2D eigenvalue weighted by molar-refractivity contribution is 0.0128. The first kappa shape index (κ1) is 21.0. The van der Waals surface area contributed by atoms with Gasteiger partial charge in [0, 0.05) is 39.3 Å². The third kappa shape index (κ3) is 6.13. The summed E-state index contributed by atoms with van der Waals surface area (Å²) < 4.78 is 26.8. The first-order valence-corrected chi connectivity index (χ1v) is 9.29. The SMILES string of the molecule is C\C=C/N=C(/C(=C/CC)Nc1ccc(C(C)(F)F)nc1)N1CCN(C)CC1. The highest BCUT2D eigenvalue weighted by atomic mass is 19.3. The van der Waals surface area contributed by atoms with Crippen molar-refractivity contribution in [2.45, 2.75) is 33.1 Å². The molecule has 1 aliphatic heterocycles. The summed E-state index contributed by atoms with van der Waals surface area (Å²) in [5.74, 6) is -2.09. The zero-order valence-electron chi connectivity index (χ0n) is 16.5. The highest BCUT2D eigenvalue weighted by molar-refractivity contribution is 6.01. The number of alkyl halides is 2. The maximum Gasteiger partial charge on any atom is 0.286 e. The number of amidine groups is 1. The lowest BCUT2D eigenvalue weighted by Crippen LogP contribution is -2.48. The predicted molar refractivity (Wildman–Crippen MR) is 107 cm³/mol. The average molecular weight is 377 g/mol. The predicted octanol–water partition coefficient (Wildman–Crippen LogP) is 4.08. The van der Waals surface area contributed by atoms with Crippen LogP contribution in [-0.2, 0) is 5.92 Å². The largest absolute Gasteiger partial charge is 0.352 e. The Kier molecular flexibility index (Phi) is 7.47. The maximum absolute atomic E-state index is 13.4. The van der Waals surface area contributed by atoms with Gasteiger partial charge in [-0.2, -0.15) is 8.78 Å². The minimum atomic E-state index is -2.95. The van der Waals surface area contributed by atoms with Gasteiger partial charge < -0.3 is 15.1 Å². The van der Waals surface area contributed by atoms with Gasteiger partial charge in [0.15, 0.2) is 5.84 Å². The Bertz CT molecular complexity index is 681. The number of nitrogens with one attached hydrogen (secondary N) is 1. The Morgan fingerprint density at radius 3 is 2.52 bits per heavy atom. The van der Waals surface area contributed by atoms with Crippen molar-refractivity contribution in [3.63, 3.8) is 0 Å². The van der Waals surface area contributed by atoms with Crippen LogP contribution in [0.1, 0.15) is 32.9 Å². The van der Waals surface area contributed by atoms with Crippen LogP contribution in [0, 0.1) is 0 Å². The van der Waals surface area contributed by atoms with Crippen LogP contribution in [0.15, 0.2) is 47.4 Å². The van der Waals surface area contributed by atoms with Crippen LogP contribution in [-0.4, -0.2) is 53.8 Å². The molecule has 1 aromatic heterocycles.